The summed E-state index contributed by atoms with van der Waals surface area (Å²) in [6.45, 7) is 5.85. The second-order valence-corrected chi connectivity index (χ2v) is 19.8. The van der Waals surface area contributed by atoms with Crippen molar-refractivity contribution in [2.75, 3.05) is 33.9 Å². The maximum atomic E-state index is 12.7. The molecule has 22 heteroatoms. The number of azide groups is 1. The van der Waals surface area contributed by atoms with Crippen LogP contribution in [0.5, 0.6) is 0 Å². The Bertz CT molecular complexity index is 2910. The summed E-state index contributed by atoms with van der Waals surface area (Å²) < 4.78 is 20.1. The summed E-state index contributed by atoms with van der Waals surface area (Å²) in [4.78, 5) is 56.0. The molecule has 11 rings (SSSR count). The molecule has 2 aliphatic carbocycles. The molecule has 5 aromatic rings. The minimum absolute atomic E-state index is 0.0347. The molecular formula is C48H52Br2N14O6. The summed E-state index contributed by atoms with van der Waals surface area (Å²) in [6, 6.07) is 21.7. The number of terminal acetylenes is 1. The Balaban J connectivity index is 0.000000152. The Labute approximate surface area is 420 Å². The van der Waals surface area contributed by atoms with Crippen LogP contribution in [0.4, 0.5) is 9.59 Å². The predicted molar refractivity (Wildman–Crippen MR) is 264 cm³/mol. The number of ether oxygens (including phenoxy) is 2. The van der Waals surface area contributed by atoms with Gasteiger partial charge in [-0.15, -0.1) is 11.5 Å². The van der Waals surface area contributed by atoms with E-state index in [1.54, 1.807) is 30.0 Å². The van der Waals surface area contributed by atoms with Gasteiger partial charge >= 0.3 is 12.1 Å². The zero-order valence-corrected chi connectivity index (χ0v) is 42.1. The van der Waals surface area contributed by atoms with Gasteiger partial charge in [-0.25, -0.2) is 9.59 Å². The molecule has 7 heterocycles. The number of amides is 6. The lowest BCUT2D eigenvalue weighted by Gasteiger charge is -2.34. The fourth-order valence-corrected chi connectivity index (χ4v) is 11.7. The third-order valence-corrected chi connectivity index (χ3v) is 15.4. The molecule has 2 saturated carbocycles. The van der Waals surface area contributed by atoms with E-state index in [2.05, 4.69) is 98.4 Å². The van der Waals surface area contributed by atoms with Gasteiger partial charge in [0.25, 0.3) is 11.8 Å². The van der Waals surface area contributed by atoms with Gasteiger partial charge in [0.1, 0.15) is 29.2 Å². The van der Waals surface area contributed by atoms with Crippen LogP contribution >= 0.6 is 31.9 Å². The van der Waals surface area contributed by atoms with E-state index in [0.717, 1.165) is 26.0 Å². The van der Waals surface area contributed by atoms with Gasteiger partial charge in [-0.3, -0.25) is 24.1 Å². The van der Waals surface area contributed by atoms with Gasteiger partial charge in [0, 0.05) is 62.7 Å². The average molecular weight is 1080 g/mol. The largest absolute Gasteiger partial charge is 0.353 e. The van der Waals surface area contributed by atoms with Gasteiger partial charge in [-0.1, -0.05) is 63.8 Å². The fraction of sp³-hybridized carbons (Fsp3) is 0.417. The zero-order valence-electron chi connectivity index (χ0n) is 38.9. The molecule has 3 aromatic heterocycles. The molecule has 6 amide bonds. The fourth-order valence-electron chi connectivity index (χ4n) is 10.5. The van der Waals surface area contributed by atoms with E-state index in [4.69, 9.17) is 21.4 Å². The molecule has 2 saturated heterocycles. The van der Waals surface area contributed by atoms with Crippen LogP contribution in [0.3, 0.4) is 0 Å². The highest BCUT2D eigenvalue weighted by Crippen LogP contribution is 2.50. The Morgan fingerprint density at radius 1 is 0.757 bits per heavy atom. The Morgan fingerprint density at radius 2 is 1.26 bits per heavy atom. The molecule has 4 fully saturated rings. The maximum absolute atomic E-state index is 12.7. The molecule has 0 spiro atoms. The van der Waals surface area contributed by atoms with E-state index in [1.807, 2.05) is 81.5 Å². The SMILES string of the molecule is C#Cc1ccc(C)cc1.CN1C(=O)N[C@H]2[C@@H]3NC(=O)c4ccc(Br)n4[C@@H]3C[C@]21OCCCN=[N+]=[N-].Cc1ccc(-c2cn(CCCO[C@@]34C[C@@H]5[C@@H](NC(=O)c6ccc(Br)n65)[C@@H]3NC(=O)N4C)nn2)cc1. The number of aryl methyl sites for hydroxylation is 3. The van der Waals surface area contributed by atoms with Gasteiger partial charge in [0.2, 0.25) is 0 Å². The van der Waals surface area contributed by atoms with Crippen molar-refractivity contribution in [1.29, 1.82) is 0 Å². The molecule has 4 aliphatic heterocycles. The number of hydrogen-bond acceptors (Lipinski definition) is 9. The van der Waals surface area contributed by atoms with Crippen LogP contribution in [0.15, 0.2) is 93.3 Å². The highest BCUT2D eigenvalue weighted by Gasteiger charge is 2.66. The Hall–Kier alpha value is -6.63. The summed E-state index contributed by atoms with van der Waals surface area (Å²) in [5.41, 5.74) is 13.1. The number of halogens is 2. The number of aromatic nitrogens is 5. The molecule has 4 N–H and O–H groups in total. The molecule has 70 heavy (non-hydrogen) atoms. The summed E-state index contributed by atoms with van der Waals surface area (Å²) in [6.07, 6.45) is 9.45. The number of nitrogens with one attached hydrogen (secondary N) is 4. The number of carbonyl (C=O) groups is 4. The third-order valence-electron chi connectivity index (χ3n) is 14.1. The summed E-state index contributed by atoms with van der Waals surface area (Å²) >= 11 is 7.09. The number of hydrogen-bond donors (Lipinski definition) is 4. The molecular weight excluding hydrogens is 1030 g/mol. The molecule has 6 aliphatic rings. The molecule has 0 bridgehead atoms. The van der Waals surface area contributed by atoms with Crippen molar-refractivity contribution in [3.05, 3.63) is 127 Å². The van der Waals surface area contributed by atoms with Gasteiger partial charge in [0.05, 0.1) is 46.2 Å². The van der Waals surface area contributed by atoms with Crippen molar-refractivity contribution >= 4 is 55.7 Å². The highest BCUT2D eigenvalue weighted by molar-refractivity contribution is 9.10. The van der Waals surface area contributed by atoms with Crippen LogP contribution in [-0.4, -0.2) is 127 Å². The number of rotatable bonds is 11. The van der Waals surface area contributed by atoms with Crippen LogP contribution in [0.1, 0.15) is 75.4 Å². The molecule has 2 aromatic carbocycles. The van der Waals surface area contributed by atoms with E-state index in [-0.39, 0.29) is 60.1 Å². The monoisotopic (exact) mass is 1080 g/mol. The van der Waals surface area contributed by atoms with Gasteiger partial charge in [0.15, 0.2) is 11.4 Å². The Kier molecular flexibility index (Phi) is 13.6. The quantitative estimate of drug-likeness (QED) is 0.0378. The highest BCUT2D eigenvalue weighted by atomic mass is 79.9. The topological polar surface area (TPSA) is 231 Å². The van der Waals surface area contributed by atoms with Gasteiger partial charge in [-0.05, 0) is 100 Å². The van der Waals surface area contributed by atoms with Crippen molar-refractivity contribution in [2.24, 2.45) is 5.11 Å². The number of fused-ring (bicyclic) bond motifs is 10. The van der Waals surface area contributed by atoms with Crippen LogP contribution in [-0.2, 0) is 16.0 Å². The summed E-state index contributed by atoms with van der Waals surface area (Å²) in [5, 5.41) is 24.2. The minimum Gasteiger partial charge on any atom is -0.353 e. The number of nitrogens with zero attached hydrogens (tertiary/aromatic N) is 10. The number of benzene rings is 2. The first-order chi connectivity index (χ1) is 33.7. The van der Waals surface area contributed by atoms with E-state index in [0.29, 0.717) is 63.4 Å². The maximum Gasteiger partial charge on any atom is 0.319 e. The van der Waals surface area contributed by atoms with E-state index in [1.165, 1.54) is 11.1 Å². The third kappa shape index (κ3) is 8.70. The zero-order chi connectivity index (χ0) is 49.5. The van der Waals surface area contributed by atoms with E-state index in [9.17, 15) is 19.2 Å². The van der Waals surface area contributed by atoms with E-state index >= 15 is 0 Å². The van der Waals surface area contributed by atoms with Crippen LogP contribution in [0, 0.1) is 26.2 Å². The number of carbonyl (C=O) groups excluding carboxylic acids is 4. The van der Waals surface area contributed by atoms with Crippen molar-refractivity contribution in [1.82, 2.24) is 55.2 Å². The first-order valence-electron chi connectivity index (χ1n) is 22.9. The molecule has 8 atom stereocenters. The van der Waals surface area contributed by atoms with Crippen molar-refractivity contribution in [3.63, 3.8) is 0 Å². The number of likely N-dealkylation sites (N-methyl/N-ethyl adjacent to an activating group) is 2. The first-order valence-corrected chi connectivity index (χ1v) is 24.5. The van der Waals surface area contributed by atoms with Gasteiger partial charge < -0.3 is 39.9 Å². The second-order valence-electron chi connectivity index (χ2n) is 18.1. The van der Waals surface area contributed by atoms with Crippen molar-refractivity contribution < 1.29 is 28.7 Å². The smallest absolute Gasteiger partial charge is 0.319 e. The first kappa shape index (κ1) is 48.4. The van der Waals surface area contributed by atoms with Crippen LogP contribution in [0.2, 0.25) is 0 Å². The van der Waals surface area contributed by atoms with Crippen molar-refractivity contribution in [3.8, 4) is 23.6 Å². The lowest BCUT2D eigenvalue weighted by atomic mass is 10.0. The van der Waals surface area contributed by atoms with Crippen LogP contribution < -0.4 is 21.3 Å². The molecule has 20 nitrogen and oxygen atoms in total. The standard InChI is InChI=1S/C24H26BrN7O3.C15H18BrN7O3.C9H8/c1-14-4-6-15(7-5-14)16-13-31(29-28-16)10-3-11-35-24-12-18-20(21(24)27-23(34)30(24)2)26-22(33)17-8-9-19(25)32(17)18;1-22-14(25)20-12-11-9(7-15(12,22)26-6-2-5-18-21-17)23-8(13(24)19-11)3-4-10(23)16;1-3-9-6-4-8(2)5-7-9/h4-9,13,18,20-21H,3,10-12H2,1-2H3,(H,26,33)(H,27,34);3-4,9,11-12H,2,5-7H2,1H3,(H,19,24)(H,20,25);1,4-7H,2H3/t18-,20-,21+,24+;9-,11-,12+,15+;/m11./s1. The van der Waals surface area contributed by atoms with Crippen molar-refractivity contribution in [2.45, 2.75) is 93.8 Å². The lowest BCUT2D eigenvalue weighted by molar-refractivity contribution is -0.119. The summed E-state index contributed by atoms with van der Waals surface area (Å²) in [7, 11) is 3.46. The number of urea groups is 2. The lowest BCUT2D eigenvalue weighted by Crippen LogP contribution is -2.57. The minimum atomic E-state index is -0.860. The normalized spacial score (nSPS) is 26.2. The summed E-state index contributed by atoms with van der Waals surface area (Å²) in [5.74, 6) is 2.24. The van der Waals surface area contributed by atoms with Crippen LogP contribution in [0.25, 0.3) is 21.7 Å². The molecule has 0 unspecified atom stereocenters. The van der Waals surface area contributed by atoms with E-state index < -0.39 is 11.4 Å². The average Bonchev–Trinajstić information content (AvgIpc) is 4.23. The predicted octanol–water partition coefficient (Wildman–Crippen LogP) is 6.42. The molecule has 364 valence electrons. The Morgan fingerprint density at radius 3 is 1.76 bits per heavy atom. The second kappa shape index (κ2) is 19.6. The molecule has 0 radical (unpaired) electrons. The van der Waals surface area contributed by atoms with Gasteiger partial charge in [-0.2, -0.15) is 0 Å².